The van der Waals surface area contributed by atoms with Gasteiger partial charge in [-0.25, -0.2) is 9.36 Å². The van der Waals surface area contributed by atoms with Crippen LogP contribution >= 0.6 is 0 Å². The van der Waals surface area contributed by atoms with Crippen LogP contribution < -0.4 is 11.3 Å². The third kappa shape index (κ3) is 1.29. The summed E-state index contributed by atoms with van der Waals surface area (Å²) in [5.41, 5.74) is 0.378. The van der Waals surface area contributed by atoms with Crippen molar-refractivity contribution in [3.8, 4) is 0 Å². The van der Waals surface area contributed by atoms with E-state index < -0.39 is 5.76 Å². The Kier molecular flexibility index (Phi) is 2.03. The highest BCUT2D eigenvalue weighted by Crippen LogP contribution is 2.11. The molecule has 1 aliphatic rings. The van der Waals surface area contributed by atoms with Crippen molar-refractivity contribution in [2.45, 2.75) is 13.0 Å². The van der Waals surface area contributed by atoms with E-state index in [0.29, 0.717) is 24.3 Å². The zero-order valence-electron chi connectivity index (χ0n) is 8.24. The molecule has 1 aromatic rings. The van der Waals surface area contributed by atoms with E-state index in [1.807, 2.05) is 11.9 Å². The minimum atomic E-state index is -0.571. The molecule has 0 aliphatic carbocycles. The van der Waals surface area contributed by atoms with Crippen LogP contribution in [0.4, 0.5) is 0 Å². The molecule has 5 heteroatoms. The van der Waals surface area contributed by atoms with Crippen molar-refractivity contribution in [3.63, 3.8) is 0 Å². The zero-order valence-corrected chi connectivity index (χ0v) is 8.24. The average Bonchev–Trinajstić information content (AvgIpc) is 2.16. The molecule has 2 rings (SSSR count). The minimum absolute atomic E-state index is 0.234. The molecule has 0 saturated heterocycles. The Hall–Kier alpha value is -1.36. The fraction of sp³-hybridized carbons (Fsp3) is 0.556. The normalized spacial score (nSPS) is 16.7. The van der Waals surface area contributed by atoms with Crippen LogP contribution in [0.25, 0.3) is 0 Å². The molecule has 0 spiro atoms. The molecule has 1 aromatic heterocycles. The number of hydrogen-bond donors (Lipinski definition) is 0. The van der Waals surface area contributed by atoms with Crippen LogP contribution in [0.1, 0.15) is 11.3 Å². The van der Waals surface area contributed by atoms with Crippen molar-refractivity contribution in [2.75, 3.05) is 13.6 Å². The first-order valence-corrected chi connectivity index (χ1v) is 4.50. The van der Waals surface area contributed by atoms with Gasteiger partial charge in [-0.05, 0) is 7.05 Å². The van der Waals surface area contributed by atoms with E-state index in [1.54, 1.807) is 0 Å². The van der Waals surface area contributed by atoms with Crippen LogP contribution in [0.15, 0.2) is 14.0 Å². The first kappa shape index (κ1) is 9.21. The van der Waals surface area contributed by atoms with E-state index in [4.69, 9.17) is 4.42 Å². The summed E-state index contributed by atoms with van der Waals surface area (Å²) in [5, 5.41) is 0. The first-order valence-electron chi connectivity index (χ1n) is 4.50. The number of likely N-dealkylation sites (N-methyl/N-ethyl adjacent to an activating group) is 1. The van der Waals surface area contributed by atoms with Gasteiger partial charge in [-0.3, -0.25) is 4.79 Å². The molecular formula is C9H12N2O3. The monoisotopic (exact) mass is 196 g/mol. The van der Waals surface area contributed by atoms with E-state index >= 15 is 0 Å². The molecule has 0 fully saturated rings. The smallest absolute Gasteiger partial charge is 0.414 e. The second-order valence-corrected chi connectivity index (χ2v) is 3.62. The number of rotatable bonds is 0. The molecule has 0 amide bonds. The Morgan fingerprint density at radius 2 is 2.00 bits per heavy atom. The standard InChI is InChI=1S/C9H12N2O3/c1-10-4-3-7-6(5-10)8(12)11(2)9(13)14-7/h3-5H2,1-2H3. The van der Waals surface area contributed by atoms with Gasteiger partial charge in [0, 0.05) is 26.6 Å². The van der Waals surface area contributed by atoms with Crippen molar-refractivity contribution in [2.24, 2.45) is 7.05 Å². The van der Waals surface area contributed by atoms with Gasteiger partial charge in [0.25, 0.3) is 5.56 Å². The summed E-state index contributed by atoms with van der Waals surface area (Å²) < 4.78 is 6.05. The van der Waals surface area contributed by atoms with E-state index in [0.717, 1.165) is 11.1 Å². The number of aromatic nitrogens is 1. The van der Waals surface area contributed by atoms with Crippen molar-refractivity contribution in [1.82, 2.24) is 9.47 Å². The third-order valence-electron chi connectivity index (χ3n) is 2.53. The molecule has 5 nitrogen and oxygen atoms in total. The third-order valence-corrected chi connectivity index (χ3v) is 2.53. The molecule has 1 aliphatic heterocycles. The van der Waals surface area contributed by atoms with Gasteiger partial charge in [0.15, 0.2) is 0 Å². The quantitative estimate of drug-likeness (QED) is 0.552. The predicted octanol–water partition coefficient (Wildman–Crippen LogP) is -0.674. The maximum absolute atomic E-state index is 11.7. The molecule has 0 unspecified atom stereocenters. The van der Waals surface area contributed by atoms with Crippen molar-refractivity contribution in [3.05, 3.63) is 32.2 Å². The van der Waals surface area contributed by atoms with Gasteiger partial charge in [-0.2, -0.15) is 0 Å². The largest absolute Gasteiger partial charge is 0.421 e. The van der Waals surface area contributed by atoms with E-state index in [2.05, 4.69) is 0 Å². The maximum Gasteiger partial charge on any atom is 0.421 e. The molecule has 0 saturated carbocycles. The van der Waals surface area contributed by atoms with Crippen molar-refractivity contribution in [1.29, 1.82) is 0 Å². The SMILES string of the molecule is CN1CCc2oc(=O)n(C)c(=O)c2C1. The highest BCUT2D eigenvalue weighted by molar-refractivity contribution is 5.16. The summed E-state index contributed by atoms with van der Waals surface area (Å²) in [7, 11) is 3.37. The zero-order chi connectivity index (χ0) is 10.3. The second-order valence-electron chi connectivity index (χ2n) is 3.62. The second kappa shape index (κ2) is 3.09. The number of hydrogen-bond acceptors (Lipinski definition) is 4. The molecule has 2 heterocycles. The van der Waals surface area contributed by atoms with Crippen LogP contribution in [0.2, 0.25) is 0 Å². The van der Waals surface area contributed by atoms with Gasteiger partial charge in [0.2, 0.25) is 0 Å². The number of nitrogens with zero attached hydrogens (tertiary/aromatic N) is 2. The Labute approximate surface area is 80.6 Å². The van der Waals surface area contributed by atoms with Gasteiger partial charge >= 0.3 is 5.76 Å². The first-order chi connectivity index (χ1) is 6.59. The fourth-order valence-corrected chi connectivity index (χ4v) is 1.64. The Bertz CT molecular complexity index is 472. The molecule has 14 heavy (non-hydrogen) atoms. The van der Waals surface area contributed by atoms with Crippen molar-refractivity contribution >= 4 is 0 Å². The lowest BCUT2D eigenvalue weighted by molar-refractivity contribution is 0.268. The van der Waals surface area contributed by atoms with Crippen LogP contribution in [0.3, 0.4) is 0 Å². The molecular weight excluding hydrogens is 184 g/mol. The van der Waals surface area contributed by atoms with Crippen LogP contribution in [0, 0.1) is 0 Å². The Balaban J connectivity index is 2.67. The molecule has 0 N–H and O–H groups in total. The molecule has 76 valence electrons. The van der Waals surface area contributed by atoms with Gasteiger partial charge in [-0.15, -0.1) is 0 Å². The van der Waals surface area contributed by atoms with Crippen LogP contribution in [0.5, 0.6) is 0 Å². The molecule has 0 radical (unpaired) electrons. The summed E-state index contributed by atoms with van der Waals surface area (Å²) in [5.74, 6) is -0.0190. The summed E-state index contributed by atoms with van der Waals surface area (Å²) in [6.45, 7) is 1.38. The lowest BCUT2D eigenvalue weighted by atomic mass is 10.1. The predicted molar refractivity (Wildman–Crippen MR) is 50.3 cm³/mol. The minimum Gasteiger partial charge on any atom is -0.414 e. The average molecular weight is 196 g/mol. The topological polar surface area (TPSA) is 55.5 Å². The van der Waals surface area contributed by atoms with Crippen LogP contribution in [-0.4, -0.2) is 23.1 Å². The summed E-state index contributed by atoms with van der Waals surface area (Å²) in [6, 6.07) is 0. The summed E-state index contributed by atoms with van der Waals surface area (Å²) in [4.78, 5) is 24.9. The summed E-state index contributed by atoms with van der Waals surface area (Å²) >= 11 is 0. The Morgan fingerprint density at radius 3 is 2.71 bits per heavy atom. The van der Waals surface area contributed by atoms with Crippen molar-refractivity contribution < 1.29 is 4.42 Å². The Morgan fingerprint density at radius 1 is 1.29 bits per heavy atom. The molecule has 0 aromatic carbocycles. The van der Waals surface area contributed by atoms with Gasteiger partial charge in [0.05, 0.1) is 5.56 Å². The fourth-order valence-electron chi connectivity index (χ4n) is 1.64. The van der Waals surface area contributed by atoms with E-state index in [9.17, 15) is 9.59 Å². The molecule has 0 atom stereocenters. The molecule has 0 bridgehead atoms. The highest BCUT2D eigenvalue weighted by Gasteiger charge is 2.20. The summed E-state index contributed by atoms with van der Waals surface area (Å²) in [6.07, 6.45) is 0.636. The van der Waals surface area contributed by atoms with E-state index in [-0.39, 0.29) is 5.56 Å². The van der Waals surface area contributed by atoms with Crippen LogP contribution in [-0.2, 0) is 20.0 Å². The lowest BCUT2D eigenvalue weighted by Gasteiger charge is -2.22. The lowest BCUT2D eigenvalue weighted by Crippen LogP contribution is -2.39. The van der Waals surface area contributed by atoms with E-state index in [1.165, 1.54) is 7.05 Å². The van der Waals surface area contributed by atoms with Gasteiger partial charge in [-0.1, -0.05) is 0 Å². The highest BCUT2D eigenvalue weighted by atomic mass is 16.4. The van der Waals surface area contributed by atoms with Gasteiger partial charge in [0.1, 0.15) is 5.76 Å². The van der Waals surface area contributed by atoms with Gasteiger partial charge < -0.3 is 9.32 Å². The maximum atomic E-state index is 11.7. The number of fused-ring (bicyclic) bond motifs is 1.